The molecule has 0 unspecified atom stereocenters. The van der Waals surface area contributed by atoms with Gasteiger partial charge in [-0.05, 0) is 55.3 Å². The van der Waals surface area contributed by atoms with Gasteiger partial charge >= 0.3 is 5.69 Å². The smallest absolute Gasteiger partial charge is 0.324 e. The van der Waals surface area contributed by atoms with Crippen LogP contribution in [0.15, 0.2) is 47.4 Å². The molecular weight excluding hydrogens is 438 g/mol. The Morgan fingerprint density at radius 1 is 1.15 bits per heavy atom. The third kappa shape index (κ3) is 3.71. The van der Waals surface area contributed by atoms with Gasteiger partial charge in [-0.15, -0.1) is 0 Å². The highest BCUT2D eigenvalue weighted by atomic mass is 35.5. The van der Waals surface area contributed by atoms with E-state index in [1.54, 1.807) is 19.3 Å². The Kier molecular flexibility index (Phi) is 5.26. The fourth-order valence-corrected chi connectivity index (χ4v) is 4.63. The number of nitrogens with zero attached hydrogens (tertiary/aromatic N) is 5. The first-order valence-corrected chi connectivity index (χ1v) is 11.1. The van der Waals surface area contributed by atoms with Crippen LogP contribution in [0.5, 0.6) is 0 Å². The van der Waals surface area contributed by atoms with Crippen LogP contribution in [0.2, 0.25) is 5.02 Å². The maximum absolute atomic E-state index is 13.2. The zero-order chi connectivity index (χ0) is 23.3. The summed E-state index contributed by atoms with van der Waals surface area (Å²) in [4.78, 5) is 24.5. The maximum Gasteiger partial charge on any atom is 0.335 e. The van der Waals surface area contributed by atoms with Gasteiger partial charge in [0.15, 0.2) is 5.65 Å². The molecule has 9 heteroatoms. The summed E-state index contributed by atoms with van der Waals surface area (Å²) in [5.41, 5.74) is 4.81. The Morgan fingerprint density at radius 2 is 1.97 bits per heavy atom. The van der Waals surface area contributed by atoms with Crippen LogP contribution in [0.25, 0.3) is 16.7 Å². The molecule has 1 aliphatic heterocycles. The molecule has 5 rings (SSSR count). The van der Waals surface area contributed by atoms with E-state index in [9.17, 15) is 4.79 Å². The van der Waals surface area contributed by atoms with Crippen LogP contribution in [-0.4, -0.2) is 37.6 Å². The van der Waals surface area contributed by atoms with Gasteiger partial charge in [0.05, 0.1) is 16.1 Å². The maximum atomic E-state index is 13.2. The van der Waals surface area contributed by atoms with Crippen LogP contribution < -0.4 is 16.5 Å². The lowest BCUT2D eigenvalue weighted by atomic mass is 9.99. The fourth-order valence-electron chi connectivity index (χ4n) is 4.33. The minimum absolute atomic E-state index is 0.00579. The second kappa shape index (κ2) is 8.13. The van der Waals surface area contributed by atoms with E-state index in [1.807, 2.05) is 25.1 Å². The predicted molar refractivity (Wildman–Crippen MR) is 129 cm³/mol. The number of likely N-dealkylation sites (N-methyl/N-ethyl adjacent to an activating group) is 1. The number of para-hydroxylation sites is 1. The topological polar surface area (TPSA) is 91.8 Å². The van der Waals surface area contributed by atoms with Crippen molar-refractivity contribution in [2.75, 3.05) is 18.9 Å². The van der Waals surface area contributed by atoms with Gasteiger partial charge in [-0.1, -0.05) is 29.8 Å². The molecule has 0 fully saturated rings. The normalized spacial score (nSPS) is 13.8. The molecule has 0 bridgehead atoms. The number of hydrogen-bond acceptors (Lipinski definition) is 6. The van der Waals surface area contributed by atoms with Gasteiger partial charge < -0.3 is 10.2 Å². The monoisotopic (exact) mass is 461 g/mol. The van der Waals surface area contributed by atoms with Crippen LogP contribution >= 0.6 is 11.6 Å². The van der Waals surface area contributed by atoms with Crippen molar-refractivity contribution >= 4 is 34.3 Å². The molecule has 3 heterocycles. The molecule has 1 aliphatic rings. The van der Waals surface area contributed by atoms with Crippen molar-refractivity contribution in [2.45, 2.75) is 19.9 Å². The van der Waals surface area contributed by atoms with Gasteiger partial charge in [0.1, 0.15) is 5.49 Å². The quantitative estimate of drug-likeness (QED) is 0.488. The number of aryl methyl sites for hydroxylation is 2. The van der Waals surface area contributed by atoms with E-state index < -0.39 is 5.69 Å². The number of nitrogens with one attached hydrogen (secondary N) is 2. The molecule has 168 valence electrons. The summed E-state index contributed by atoms with van der Waals surface area (Å²) in [5.74, 6) is 0.372. The number of hydrogen-bond donors (Lipinski definition) is 2. The number of anilines is 2. The van der Waals surface area contributed by atoms with Gasteiger partial charge in [0.2, 0.25) is 5.95 Å². The lowest BCUT2D eigenvalue weighted by Gasteiger charge is -2.25. The van der Waals surface area contributed by atoms with Crippen molar-refractivity contribution in [3.8, 4) is 5.69 Å². The third-order valence-electron chi connectivity index (χ3n) is 6.12. The summed E-state index contributed by atoms with van der Waals surface area (Å²) < 4.78 is 2.72. The Hall–Kier alpha value is -3.49. The average Bonchev–Trinajstić information content (AvgIpc) is 2.79. The van der Waals surface area contributed by atoms with Gasteiger partial charge in [-0.2, -0.15) is 4.98 Å². The molecule has 33 heavy (non-hydrogen) atoms. The van der Waals surface area contributed by atoms with Crippen LogP contribution in [0, 0.1) is 12.3 Å². The third-order valence-corrected chi connectivity index (χ3v) is 6.43. The molecule has 8 nitrogen and oxygen atoms in total. The van der Waals surface area contributed by atoms with Crippen molar-refractivity contribution in [1.29, 1.82) is 5.41 Å². The molecule has 0 saturated heterocycles. The van der Waals surface area contributed by atoms with Crippen molar-refractivity contribution < 1.29 is 0 Å². The summed E-state index contributed by atoms with van der Waals surface area (Å²) in [6.45, 7) is 3.83. The predicted octanol–water partition coefficient (Wildman–Crippen LogP) is 3.29. The highest BCUT2D eigenvalue weighted by Gasteiger charge is 2.17. The van der Waals surface area contributed by atoms with Gasteiger partial charge in [-0.25, -0.2) is 14.3 Å². The Morgan fingerprint density at radius 3 is 2.76 bits per heavy atom. The van der Waals surface area contributed by atoms with Crippen molar-refractivity contribution in [3.05, 3.63) is 80.3 Å². The minimum atomic E-state index is -0.397. The Bertz CT molecular complexity index is 1500. The first-order valence-electron chi connectivity index (χ1n) is 10.7. The lowest BCUT2D eigenvalue weighted by Crippen LogP contribution is -2.39. The molecule has 2 aromatic heterocycles. The average molecular weight is 462 g/mol. The minimum Gasteiger partial charge on any atom is -0.324 e. The van der Waals surface area contributed by atoms with Crippen LogP contribution in [0.3, 0.4) is 0 Å². The van der Waals surface area contributed by atoms with E-state index in [4.69, 9.17) is 17.0 Å². The second-order valence-corrected chi connectivity index (χ2v) is 8.87. The molecular formula is C24H24ClN7O. The number of aromatic nitrogens is 4. The first-order chi connectivity index (χ1) is 15.8. The lowest BCUT2D eigenvalue weighted by molar-refractivity contribution is 0.313. The number of halogens is 1. The highest BCUT2D eigenvalue weighted by molar-refractivity contribution is 6.32. The zero-order valence-corrected chi connectivity index (χ0v) is 19.4. The molecule has 0 atom stereocenters. The Labute approximate surface area is 195 Å². The Balaban J connectivity index is 1.58. The zero-order valence-electron chi connectivity index (χ0n) is 18.7. The van der Waals surface area contributed by atoms with E-state index in [0.717, 1.165) is 30.8 Å². The number of fused-ring (bicyclic) bond motifs is 2. The largest absolute Gasteiger partial charge is 0.335 e. The standard InChI is InChI=1S/C24H24ClN7O/c1-14-5-4-6-19(25)20(14)32-21(26)18-12-27-23(29-22(18)31(3)24(32)33)28-17-8-7-16-13-30(2)10-9-15(16)11-17/h4-8,11-12,26H,9-10,13H2,1-3H3,(H,27,28,29). The molecule has 2 N–H and O–H groups in total. The summed E-state index contributed by atoms with van der Waals surface area (Å²) >= 11 is 6.39. The van der Waals surface area contributed by atoms with Crippen LogP contribution in [-0.2, 0) is 20.0 Å². The van der Waals surface area contributed by atoms with Crippen molar-refractivity contribution in [1.82, 2.24) is 24.0 Å². The van der Waals surface area contributed by atoms with E-state index in [0.29, 0.717) is 27.7 Å². The highest BCUT2D eigenvalue weighted by Crippen LogP contribution is 2.24. The molecule has 0 spiro atoms. The van der Waals surface area contributed by atoms with E-state index in [1.165, 1.54) is 20.3 Å². The molecule has 0 radical (unpaired) electrons. The molecule has 0 saturated carbocycles. The van der Waals surface area contributed by atoms with Gasteiger partial charge in [-0.3, -0.25) is 9.98 Å². The van der Waals surface area contributed by atoms with E-state index in [2.05, 4.69) is 39.4 Å². The van der Waals surface area contributed by atoms with Crippen molar-refractivity contribution in [3.63, 3.8) is 0 Å². The van der Waals surface area contributed by atoms with E-state index in [-0.39, 0.29) is 5.49 Å². The SMILES string of the molecule is Cc1cccc(Cl)c1-n1c(=N)c2cnc(Nc3ccc4c(c3)CCN(C)C4)nc2n(C)c1=O. The number of benzene rings is 2. The van der Waals surface area contributed by atoms with Crippen molar-refractivity contribution in [2.24, 2.45) is 7.05 Å². The fraction of sp³-hybridized carbons (Fsp3) is 0.250. The summed E-state index contributed by atoms with van der Waals surface area (Å²) in [6, 6.07) is 11.7. The molecule has 0 amide bonds. The molecule has 0 aliphatic carbocycles. The summed E-state index contributed by atoms with van der Waals surface area (Å²) in [5, 5.41) is 12.8. The summed E-state index contributed by atoms with van der Waals surface area (Å²) in [6.07, 6.45) is 2.57. The van der Waals surface area contributed by atoms with Crippen LogP contribution in [0.4, 0.5) is 11.6 Å². The van der Waals surface area contributed by atoms with Gasteiger partial charge in [0, 0.05) is 32.0 Å². The second-order valence-electron chi connectivity index (χ2n) is 8.46. The first kappa shape index (κ1) is 21.4. The van der Waals surface area contributed by atoms with E-state index >= 15 is 0 Å². The van der Waals surface area contributed by atoms with Gasteiger partial charge in [0.25, 0.3) is 0 Å². The number of rotatable bonds is 3. The molecule has 2 aromatic carbocycles. The molecule has 4 aromatic rings. The summed E-state index contributed by atoms with van der Waals surface area (Å²) in [7, 11) is 3.76. The van der Waals surface area contributed by atoms with Crippen LogP contribution in [0.1, 0.15) is 16.7 Å².